The second-order valence-corrected chi connectivity index (χ2v) is 4.13. The van der Waals surface area contributed by atoms with E-state index >= 15 is 0 Å². The fraction of sp³-hybridized carbons (Fsp3) is 0.700. The lowest BCUT2D eigenvalue weighted by Gasteiger charge is -2.22. The molecule has 4 heteroatoms. The largest absolute Gasteiger partial charge is 0.375 e. The quantitative estimate of drug-likeness (QED) is 0.641. The van der Waals surface area contributed by atoms with E-state index in [1.807, 2.05) is 0 Å². The molecule has 1 aromatic heterocycles. The van der Waals surface area contributed by atoms with Gasteiger partial charge in [-0.1, -0.05) is 0 Å². The number of nitrogens with two attached hydrogens (primary N) is 1. The van der Waals surface area contributed by atoms with Gasteiger partial charge in [0.1, 0.15) is 5.82 Å². The van der Waals surface area contributed by atoms with Crippen LogP contribution in [0.3, 0.4) is 0 Å². The summed E-state index contributed by atoms with van der Waals surface area (Å²) in [7, 11) is 0. The lowest BCUT2D eigenvalue weighted by molar-refractivity contribution is 0.103. The van der Waals surface area contributed by atoms with Crippen molar-refractivity contribution in [2.75, 3.05) is 6.61 Å². The zero-order valence-corrected chi connectivity index (χ0v) is 8.20. The number of nitrogens with zero attached hydrogens (tertiary/aromatic N) is 2. The van der Waals surface area contributed by atoms with Gasteiger partial charge in [0, 0.05) is 25.4 Å². The first kappa shape index (κ1) is 8.44. The Labute approximate surface area is 83.1 Å². The van der Waals surface area contributed by atoms with E-state index < -0.39 is 0 Å². The number of hydrogen-bond donors (Lipinski definition) is 1. The molecule has 0 aliphatic carbocycles. The number of aromatic nitrogens is 2. The minimum absolute atomic E-state index is 0.294. The molecule has 1 unspecified atom stereocenters. The predicted molar refractivity (Wildman–Crippen MR) is 51.9 cm³/mol. The van der Waals surface area contributed by atoms with Gasteiger partial charge in [-0.15, -0.1) is 0 Å². The van der Waals surface area contributed by atoms with E-state index in [2.05, 4.69) is 9.55 Å². The lowest BCUT2D eigenvalue weighted by atomic mass is 10.1. The Morgan fingerprint density at radius 1 is 1.43 bits per heavy atom. The van der Waals surface area contributed by atoms with Gasteiger partial charge in [0.25, 0.3) is 0 Å². The first-order valence-corrected chi connectivity index (χ1v) is 5.25. The minimum Gasteiger partial charge on any atom is -0.375 e. The summed E-state index contributed by atoms with van der Waals surface area (Å²) in [5.41, 5.74) is 8.45. The molecule has 0 aromatic carbocycles. The number of imidazole rings is 1. The van der Waals surface area contributed by atoms with Crippen molar-refractivity contribution in [2.45, 2.75) is 38.5 Å². The lowest BCUT2D eigenvalue weighted by Crippen LogP contribution is -2.33. The maximum absolute atomic E-state index is 5.95. The van der Waals surface area contributed by atoms with E-state index in [4.69, 9.17) is 10.5 Å². The maximum Gasteiger partial charge on any atom is 0.109 e. The number of fused-ring (bicyclic) bond motifs is 3. The highest BCUT2D eigenvalue weighted by atomic mass is 16.5. The molecule has 3 rings (SSSR count). The number of hydrogen-bond acceptors (Lipinski definition) is 3. The van der Waals surface area contributed by atoms with E-state index in [0.29, 0.717) is 6.04 Å². The Bertz CT molecular complexity index is 358. The highest BCUT2D eigenvalue weighted by Crippen LogP contribution is 2.22. The van der Waals surface area contributed by atoms with Crippen LogP contribution in [0.15, 0.2) is 0 Å². The van der Waals surface area contributed by atoms with Crippen LogP contribution in [0.4, 0.5) is 0 Å². The van der Waals surface area contributed by atoms with Crippen molar-refractivity contribution >= 4 is 0 Å². The van der Waals surface area contributed by atoms with Crippen molar-refractivity contribution in [3.8, 4) is 0 Å². The third-order valence-corrected chi connectivity index (χ3v) is 3.11. The van der Waals surface area contributed by atoms with Crippen LogP contribution in [0.2, 0.25) is 0 Å². The SMILES string of the molecule is NC1CCc2nc3c(n2C1)COCC3. The Kier molecular flexibility index (Phi) is 1.85. The Morgan fingerprint density at radius 3 is 3.29 bits per heavy atom. The van der Waals surface area contributed by atoms with Crippen LogP contribution in [0.1, 0.15) is 23.6 Å². The van der Waals surface area contributed by atoms with E-state index in [1.165, 1.54) is 17.2 Å². The van der Waals surface area contributed by atoms with Crippen molar-refractivity contribution in [2.24, 2.45) is 5.73 Å². The van der Waals surface area contributed by atoms with E-state index in [-0.39, 0.29) is 0 Å². The molecular formula is C10H15N3O. The fourth-order valence-electron chi connectivity index (χ4n) is 2.34. The summed E-state index contributed by atoms with van der Waals surface area (Å²) in [6.07, 6.45) is 3.05. The third kappa shape index (κ3) is 1.18. The monoisotopic (exact) mass is 193 g/mol. The summed E-state index contributed by atoms with van der Waals surface area (Å²) in [5, 5.41) is 0. The van der Waals surface area contributed by atoms with Gasteiger partial charge >= 0.3 is 0 Å². The van der Waals surface area contributed by atoms with Crippen LogP contribution in [0, 0.1) is 0 Å². The average Bonchev–Trinajstić information content (AvgIpc) is 2.56. The van der Waals surface area contributed by atoms with Crippen molar-refractivity contribution in [1.29, 1.82) is 0 Å². The fourth-order valence-corrected chi connectivity index (χ4v) is 2.34. The molecule has 0 radical (unpaired) electrons. The van der Waals surface area contributed by atoms with E-state index in [0.717, 1.165) is 39.0 Å². The summed E-state index contributed by atoms with van der Waals surface area (Å²) in [6, 6.07) is 0.294. The van der Waals surface area contributed by atoms with Crippen molar-refractivity contribution < 1.29 is 4.74 Å². The molecule has 0 saturated heterocycles. The van der Waals surface area contributed by atoms with Gasteiger partial charge in [0.2, 0.25) is 0 Å². The molecule has 2 aliphatic rings. The van der Waals surface area contributed by atoms with Crippen LogP contribution in [-0.2, 0) is 30.7 Å². The minimum atomic E-state index is 0.294. The van der Waals surface area contributed by atoms with Gasteiger partial charge in [-0.3, -0.25) is 0 Å². The van der Waals surface area contributed by atoms with Crippen LogP contribution in [0.5, 0.6) is 0 Å². The molecule has 2 N–H and O–H groups in total. The number of aryl methyl sites for hydroxylation is 1. The normalized spacial score (nSPS) is 25.6. The third-order valence-electron chi connectivity index (χ3n) is 3.11. The van der Waals surface area contributed by atoms with Crippen LogP contribution in [-0.4, -0.2) is 22.2 Å². The topological polar surface area (TPSA) is 53.1 Å². The van der Waals surface area contributed by atoms with Crippen LogP contribution >= 0.6 is 0 Å². The van der Waals surface area contributed by atoms with Gasteiger partial charge in [0.15, 0.2) is 0 Å². The first-order chi connectivity index (χ1) is 6.84. The van der Waals surface area contributed by atoms with Crippen molar-refractivity contribution in [3.63, 3.8) is 0 Å². The highest BCUT2D eigenvalue weighted by Gasteiger charge is 2.24. The molecule has 4 nitrogen and oxygen atoms in total. The predicted octanol–water partition coefficient (Wildman–Crippen LogP) is 0.229. The second kappa shape index (κ2) is 3.07. The molecular weight excluding hydrogens is 178 g/mol. The van der Waals surface area contributed by atoms with Gasteiger partial charge in [-0.25, -0.2) is 4.98 Å². The summed E-state index contributed by atoms with van der Waals surface area (Å²) < 4.78 is 7.72. The summed E-state index contributed by atoms with van der Waals surface area (Å²) in [6.45, 7) is 2.45. The molecule has 1 atom stereocenters. The highest BCUT2D eigenvalue weighted by molar-refractivity contribution is 5.20. The Morgan fingerprint density at radius 2 is 2.36 bits per heavy atom. The Balaban J connectivity index is 2.05. The summed E-state index contributed by atoms with van der Waals surface area (Å²) in [4.78, 5) is 4.65. The molecule has 1 aromatic rings. The molecule has 76 valence electrons. The maximum atomic E-state index is 5.95. The molecule has 14 heavy (non-hydrogen) atoms. The Hall–Kier alpha value is -0.870. The molecule has 0 amide bonds. The standard InChI is InChI=1S/C10H15N3O/c11-7-1-2-10-12-8-3-4-14-6-9(8)13(10)5-7/h7H,1-6,11H2. The van der Waals surface area contributed by atoms with Crippen molar-refractivity contribution in [1.82, 2.24) is 9.55 Å². The number of rotatable bonds is 0. The summed E-state index contributed by atoms with van der Waals surface area (Å²) >= 11 is 0. The van der Waals surface area contributed by atoms with Crippen LogP contribution in [0.25, 0.3) is 0 Å². The molecule has 0 bridgehead atoms. The molecule has 0 fully saturated rings. The smallest absolute Gasteiger partial charge is 0.109 e. The second-order valence-electron chi connectivity index (χ2n) is 4.13. The molecule has 0 saturated carbocycles. The molecule has 2 aliphatic heterocycles. The molecule has 3 heterocycles. The van der Waals surface area contributed by atoms with Gasteiger partial charge in [-0.2, -0.15) is 0 Å². The molecule has 0 spiro atoms. The summed E-state index contributed by atoms with van der Waals surface area (Å²) in [5.74, 6) is 1.21. The first-order valence-electron chi connectivity index (χ1n) is 5.25. The number of ether oxygens (including phenoxy) is 1. The zero-order chi connectivity index (χ0) is 9.54. The van der Waals surface area contributed by atoms with Crippen LogP contribution < -0.4 is 5.73 Å². The van der Waals surface area contributed by atoms with E-state index in [9.17, 15) is 0 Å². The van der Waals surface area contributed by atoms with Crippen molar-refractivity contribution in [3.05, 3.63) is 17.2 Å². The zero-order valence-electron chi connectivity index (χ0n) is 8.20. The van der Waals surface area contributed by atoms with Gasteiger partial charge < -0.3 is 15.0 Å². The van der Waals surface area contributed by atoms with Gasteiger partial charge in [-0.05, 0) is 6.42 Å². The average molecular weight is 193 g/mol. The van der Waals surface area contributed by atoms with Gasteiger partial charge in [0.05, 0.1) is 24.6 Å². The van der Waals surface area contributed by atoms with E-state index in [1.54, 1.807) is 0 Å².